The molecule has 2 N–H and O–H groups in total. The highest BCUT2D eigenvalue weighted by atomic mass is 19.4. The predicted octanol–water partition coefficient (Wildman–Crippen LogP) is 3.02. The van der Waals surface area contributed by atoms with Gasteiger partial charge in [0, 0.05) is 25.0 Å². The lowest BCUT2D eigenvalue weighted by atomic mass is 10.00. The number of hydrogen-bond donors (Lipinski definition) is 2. The number of amides is 1. The Kier molecular flexibility index (Phi) is 5.71. The molecule has 1 aromatic rings. The van der Waals surface area contributed by atoms with Crippen LogP contribution in [-0.2, 0) is 22.6 Å². The third kappa shape index (κ3) is 5.51. The molecule has 0 atom stereocenters. The summed E-state index contributed by atoms with van der Waals surface area (Å²) < 4.78 is 38.4. The topological polar surface area (TPSA) is 77.8 Å². The number of allylic oxidation sites excluding steroid dienone is 1. The average Bonchev–Trinajstić information content (AvgIpc) is 2.60. The largest absolute Gasteiger partial charge is 0.508 e. The number of benzene rings is 1. The molecule has 0 saturated carbocycles. The summed E-state index contributed by atoms with van der Waals surface area (Å²) in [6.07, 6.45) is -2.36. The number of unbranched alkanes of at least 4 members (excludes halogenated alkanes) is 1. The lowest BCUT2D eigenvalue weighted by molar-refractivity contribution is -0.159. The van der Waals surface area contributed by atoms with Crippen molar-refractivity contribution in [2.45, 2.75) is 38.4 Å². The van der Waals surface area contributed by atoms with E-state index in [0.29, 0.717) is 28.9 Å². The second-order valence-electron chi connectivity index (χ2n) is 5.92. The first-order chi connectivity index (χ1) is 11.7. The summed E-state index contributed by atoms with van der Waals surface area (Å²) in [4.78, 5) is 23.7. The van der Waals surface area contributed by atoms with Gasteiger partial charge in [-0.05, 0) is 36.1 Å². The number of carboxylic acids is 1. The van der Waals surface area contributed by atoms with Gasteiger partial charge in [-0.1, -0.05) is 12.1 Å². The van der Waals surface area contributed by atoms with Crippen molar-refractivity contribution in [2.75, 3.05) is 6.54 Å². The van der Waals surface area contributed by atoms with Gasteiger partial charge in [0.2, 0.25) is 5.91 Å². The third-order valence-electron chi connectivity index (χ3n) is 3.85. The lowest BCUT2D eigenvalue weighted by Crippen LogP contribution is -2.38. The minimum atomic E-state index is -4.54. The van der Waals surface area contributed by atoms with Crippen LogP contribution in [0.5, 0.6) is 5.75 Å². The summed E-state index contributed by atoms with van der Waals surface area (Å²) in [5, 5.41) is 18.2. The maximum absolute atomic E-state index is 12.8. The van der Waals surface area contributed by atoms with Crippen molar-refractivity contribution in [1.29, 1.82) is 0 Å². The third-order valence-corrected chi connectivity index (χ3v) is 3.85. The molecule has 0 bridgehead atoms. The van der Waals surface area contributed by atoms with Crippen LogP contribution < -0.4 is 0 Å². The Morgan fingerprint density at radius 3 is 2.64 bits per heavy atom. The van der Waals surface area contributed by atoms with E-state index in [0.717, 1.165) is 0 Å². The molecule has 8 heteroatoms. The van der Waals surface area contributed by atoms with E-state index < -0.39 is 24.6 Å². The first kappa shape index (κ1) is 18.8. The Bertz CT molecular complexity index is 698. The highest BCUT2D eigenvalue weighted by Crippen LogP contribution is 2.28. The molecule has 1 aliphatic heterocycles. The SMILES string of the molecule is O=C(O)CCC/C=C1\Cc2ccc(O)cc2CN(CC(F)(F)F)C1=O. The molecule has 2 rings (SSSR count). The molecule has 0 aliphatic carbocycles. The van der Waals surface area contributed by atoms with Gasteiger partial charge in [0.15, 0.2) is 0 Å². The number of aromatic hydroxyl groups is 1. The summed E-state index contributed by atoms with van der Waals surface area (Å²) in [5.74, 6) is -1.76. The van der Waals surface area contributed by atoms with Gasteiger partial charge in [-0.25, -0.2) is 0 Å². The van der Waals surface area contributed by atoms with Crippen molar-refractivity contribution in [3.05, 3.63) is 41.0 Å². The molecule has 1 aromatic carbocycles. The molecule has 0 aromatic heterocycles. The molecular weight excluding hydrogens is 339 g/mol. The van der Waals surface area contributed by atoms with Crippen LogP contribution in [0.1, 0.15) is 30.4 Å². The Balaban J connectivity index is 2.28. The summed E-state index contributed by atoms with van der Waals surface area (Å²) >= 11 is 0. The van der Waals surface area contributed by atoms with Gasteiger partial charge < -0.3 is 15.1 Å². The van der Waals surface area contributed by atoms with E-state index in [1.54, 1.807) is 6.07 Å². The molecular formula is C17H18F3NO4. The molecule has 136 valence electrons. The molecule has 25 heavy (non-hydrogen) atoms. The van der Waals surface area contributed by atoms with Gasteiger partial charge in [0.05, 0.1) is 0 Å². The molecule has 0 spiro atoms. The lowest BCUT2D eigenvalue weighted by Gasteiger charge is -2.23. The first-order valence-corrected chi connectivity index (χ1v) is 7.73. The Hall–Kier alpha value is -2.51. The number of rotatable bonds is 5. The van der Waals surface area contributed by atoms with Crippen molar-refractivity contribution in [1.82, 2.24) is 4.90 Å². The number of nitrogens with zero attached hydrogens (tertiary/aromatic N) is 1. The number of fused-ring (bicyclic) bond motifs is 1. The van der Waals surface area contributed by atoms with E-state index in [4.69, 9.17) is 5.11 Å². The number of carbonyl (C=O) groups is 2. The molecule has 0 fully saturated rings. The highest BCUT2D eigenvalue weighted by molar-refractivity contribution is 5.94. The van der Waals surface area contributed by atoms with E-state index in [-0.39, 0.29) is 30.7 Å². The Morgan fingerprint density at radius 1 is 1.28 bits per heavy atom. The fourth-order valence-electron chi connectivity index (χ4n) is 2.73. The highest BCUT2D eigenvalue weighted by Gasteiger charge is 2.35. The molecule has 1 heterocycles. The van der Waals surface area contributed by atoms with Crippen molar-refractivity contribution in [3.8, 4) is 5.75 Å². The van der Waals surface area contributed by atoms with Crippen molar-refractivity contribution >= 4 is 11.9 Å². The summed E-state index contributed by atoms with van der Waals surface area (Å²) in [6.45, 7) is -1.62. The maximum Gasteiger partial charge on any atom is 0.406 e. The van der Waals surface area contributed by atoms with Crippen LogP contribution >= 0.6 is 0 Å². The molecule has 0 saturated heterocycles. The molecule has 5 nitrogen and oxygen atoms in total. The van der Waals surface area contributed by atoms with Gasteiger partial charge in [0.25, 0.3) is 0 Å². The molecule has 0 radical (unpaired) electrons. The standard InChI is InChI=1S/C17H18F3NO4/c18-17(19,20)10-21-9-13-8-14(22)6-5-11(13)7-12(16(21)25)3-1-2-4-15(23)24/h3,5-6,8,22H,1-2,4,7,9-10H2,(H,23,24)/b12-3+. The van der Waals surface area contributed by atoms with E-state index in [1.807, 2.05) is 0 Å². The van der Waals surface area contributed by atoms with Crippen LogP contribution in [-0.4, -0.2) is 39.7 Å². The molecule has 0 unspecified atom stereocenters. The van der Waals surface area contributed by atoms with E-state index in [9.17, 15) is 27.9 Å². The number of halogens is 3. The Morgan fingerprint density at radius 2 is 2.00 bits per heavy atom. The Labute approximate surface area is 142 Å². The summed E-state index contributed by atoms with van der Waals surface area (Å²) in [7, 11) is 0. The fourth-order valence-corrected chi connectivity index (χ4v) is 2.73. The number of hydrogen-bond acceptors (Lipinski definition) is 3. The van der Waals surface area contributed by atoms with Gasteiger partial charge in [-0.15, -0.1) is 0 Å². The van der Waals surface area contributed by atoms with Crippen LogP contribution in [0.25, 0.3) is 0 Å². The van der Waals surface area contributed by atoms with Crippen LogP contribution in [0.2, 0.25) is 0 Å². The van der Waals surface area contributed by atoms with Gasteiger partial charge >= 0.3 is 12.1 Å². The minimum absolute atomic E-state index is 0.0747. The van der Waals surface area contributed by atoms with Crippen LogP contribution in [0.15, 0.2) is 29.8 Å². The van der Waals surface area contributed by atoms with Crippen molar-refractivity contribution in [3.63, 3.8) is 0 Å². The van der Waals surface area contributed by atoms with Crippen LogP contribution in [0.4, 0.5) is 13.2 Å². The van der Waals surface area contributed by atoms with Crippen molar-refractivity contribution in [2.24, 2.45) is 0 Å². The number of aliphatic carboxylic acids is 1. The second kappa shape index (κ2) is 7.58. The fraction of sp³-hybridized carbons (Fsp3) is 0.412. The number of phenols is 1. The van der Waals surface area contributed by atoms with Gasteiger partial charge in [0.1, 0.15) is 12.3 Å². The first-order valence-electron chi connectivity index (χ1n) is 7.73. The van der Waals surface area contributed by atoms with Crippen LogP contribution in [0, 0.1) is 0 Å². The van der Waals surface area contributed by atoms with Gasteiger partial charge in [-0.2, -0.15) is 13.2 Å². The average molecular weight is 357 g/mol. The normalized spacial score (nSPS) is 16.7. The number of carboxylic acid groups (broad SMARTS) is 1. The molecule has 1 amide bonds. The zero-order valence-corrected chi connectivity index (χ0v) is 13.3. The zero-order chi connectivity index (χ0) is 18.6. The quantitative estimate of drug-likeness (QED) is 0.627. The minimum Gasteiger partial charge on any atom is -0.508 e. The zero-order valence-electron chi connectivity index (χ0n) is 13.3. The van der Waals surface area contributed by atoms with Crippen molar-refractivity contribution < 1.29 is 33.0 Å². The van der Waals surface area contributed by atoms with E-state index >= 15 is 0 Å². The van der Waals surface area contributed by atoms with Gasteiger partial charge in [-0.3, -0.25) is 9.59 Å². The number of carbonyl (C=O) groups excluding carboxylic acids is 1. The van der Waals surface area contributed by atoms with E-state index in [1.165, 1.54) is 18.2 Å². The summed E-state index contributed by atoms with van der Waals surface area (Å²) in [6, 6.07) is 4.37. The summed E-state index contributed by atoms with van der Waals surface area (Å²) in [5.41, 5.74) is 1.34. The van der Waals surface area contributed by atoms with E-state index in [2.05, 4.69) is 0 Å². The predicted molar refractivity (Wildman–Crippen MR) is 82.9 cm³/mol. The second-order valence-corrected chi connectivity index (χ2v) is 5.92. The van der Waals surface area contributed by atoms with Crippen LogP contribution in [0.3, 0.4) is 0 Å². The smallest absolute Gasteiger partial charge is 0.406 e. The number of alkyl halides is 3. The monoisotopic (exact) mass is 357 g/mol. The maximum atomic E-state index is 12.8. The number of phenolic OH excluding ortho intramolecular Hbond substituents is 1. The molecule has 1 aliphatic rings.